The molecule has 158 valence electrons. The minimum Gasteiger partial charge on any atom is -0.335 e. The predicted molar refractivity (Wildman–Crippen MR) is 114 cm³/mol. The molecule has 0 N–H and O–H groups in total. The summed E-state index contributed by atoms with van der Waals surface area (Å²) in [6, 6.07) is 7.93. The maximum Gasteiger partial charge on any atom is 0.264 e. The zero-order valence-electron chi connectivity index (χ0n) is 17.0. The van der Waals surface area contributed by atoms with Crippen LogP contribution in [0.1, 0.15) is 32.6 Å². The second kappa shape index (κ2) is 7.60. The summed E-state index contributed by atoms with van der Waals surface area (Å²) in [4.78, 5) is 27.9. The zero-order valence-corrected chi connectivity index (χ0v) is 18.6. The fraction of sp³-hybridized carbons (Fsp3) is 0.350. The average molecular weight is 447 g/mol. The molecule has 0 aliphatic carbocycles. The van der Waals surface area contributed by atoms with Crippen LogP contribution < -0.4 is 0 Å². The molecule has 1 saturated heterocycles. The number of Topliss-reactive ketones (excluding diaryl/α,β-unsaturated/α-hetero) is 1. The van der Waals surface area contributed by atoms with E-state index in [9.17, 15) is 18.0 Å². The number of hydrogen-bond donors (Lipinski definition) is 0. The molecule has 2 aromatic heterocycles. The van der Waals surface area contributed by atoms with Crippen LogP contribution in [0.25, 0.3) is 10.2 Å². The second-order valence-electron chi connectivity index (χ2n) is 7.32. The average Bonchev–Trinajstić information content (AvgIpc) is 3.29. The summed E-state index contributed by atoms with van der Waals surface area (Å²) in [6.45, 7) is 4.37. The van der Waals surface area contributed by atoms with Crippen LogP contribution in [-0.2, 0) is 17.1 Å². The first kappa shape index (κ1) is 20.7. The highest BCUT2D eigenvalue weighted by molar-refractivity contribution is 7.89. The number of amides is 1. The molecular weight excluding hydrogens is 424 g/mol. The van der Waals surface area contributed by atoms with Crippen molar-refractivity contribution in [3.8, 4) is 0 Å². The summed E-state index contributed by atoms with van der Waals surface area (Å²) in [7, 11) is -1.87. The van der Waals surface area contributed by atoms with E-state index in [1.807, 2.05) is 20.0 Å². The third-order valence-corrected chi connectivity index (χ3v) is 8.40. The van der Waals surface area contributed by atoms with Crippen LogP contribution in [0.2, 0.25) is 0 Å². The molecule has 0 bridgehead atoms. The van der Waals surface area contributed by atoms with Crippen LogP contribution in [0, 0.1) is 6.92 Å². The summed E-state index contributed by atoms with van der Waals surface area (Å²) in [5, 5.41) is 5.32. The molecule has 0 unspecified atom stereocenters. The summed E-state index contributed by atoms with van der Waals surface area (Å²) in [6.07, 6.45) is 0. The number of benzene rings is 1. The first-order valence-electron chi connectivity index (χ1n) is 9.52. The lowest BCUT2D eigenvalue weighted by atomic mass is 10.2. The molecule has 3 aromatic rings. The van der Waals surface area contributed by atoms with E-state index in [1.54, 1.807) is 21.7 Å². The highest BCUT2D eigenvalue weighted by Gasteiger charge is 2.31. The first-order valence-corrected chi connectivity index (χ1v) is 11.8. The molecule has 1 aromatic carbocycles. The fourth-order valence-corrected chi connectivity index (χ4v) is 6.18. The van der Waals surface area contributed by atoms with Gasteiger partial charge < -0.3 is 4.90 Å². The molecule has 30 heavy (non-hydrogen) atoms. The van der Waals surface area contributed by atoms with Gasteiger partial charge in [-0.3, -0.25) is 14.3 Å². The van der Waals surface area contributed by atoms with E-state index in [4.69, 9.17) is 0 Å². The van der Waals surface area contributed by atoms with Crippen LogP contribution in [0.4, 0.5) is 0 Å². The molecule has 0 radical (unpaired) electrons. The van der Waals surface area contributed by atoms with Crippen molar-refractivity contribution < 1.29 is 18.0 Å². The van der Waals surface area contributed by atoms with E-state index in [2.05, 4.69) is 5.10 Å². The fourth-order valence-electron chi connectivity index (χ4n) is 3.62. The third-order valence-electron chi connectivity index (χ3n) is 5.31. The van der Waals surface area contributed by atoms with E-state index < -0.39 is 10.0 Å². The quantitative estimate of drug-likeness (QED) is 0.574. The van der Waals surface area contributed by atoms with E-state index in [0.717, 1.165) is 15.9 Å². The molecule has 1 amide bonds. The minimum absolute atomic E-state index is 0.0915. The number of aromatic nitrogens is 2. The molecule has 1 fully saturated rings. The molecular formula is C20H22N4O4S2. The van der Waals surface area contributed by atoms with Crippen LogP contribution in [0.3, 0.4) is 0 Å². The molecule has 8 nitrogen and oxygen atoms in total. The van der Waals surface area contributed by atoms with Gasteiger partial charge in [0.1, 0.15) is 4.83 Å². The number of piperazine rings is 1. The first-order chi connectivity index (χ1) is 14.2. The van der Waals surface area contributed by atoms with Crippen molar-refractivity contribution in [3.05, 3.63) is 46.5 Å². The van der Waals surface area contributed by atoms with Gasteiger partial charge in [-0.05, 0) is 32.0 Å². The summed E-state index contributed by atoms with van der Waals surface area (Å²) in [5.41, 5.74) is 1.24. The Morgan fingerprint density at radius 1 is 1.10 bits per heavy atom. The van der Waals surface area contributed by atoms with Crippen LogP contribution in [-0.4, -0.2) is 65.3 Å². The number of carbonyl (C=O) groups excluding carboxylic acids is 2. The Morgan fingerprint density at radius 2 is 1.80 bits per heavy atom. The molecule has 0 atom stereocenters. The summed E-state index contributed by atoms with van der Waals surface area (Å²) >= 11 is 1.40. The number of rotatable bonds is 4. The minimum atomic E-state index is -3.72. The lowest BCUT2D eigenvalue weighted by molar-refractivity contribution is 0.0702. The third kappa shape index (κ3) is 3.55. The van der Waals surface area contributed by atoms with Gasteiger partial charge in [-0.2, -0.15) is 9.40 Å². The van der Waals surface area contributed by atoms with Crippen molar-refractivity contribution >= 4 is 43.3 Å². The van der Waals surface area contributed by atoms with E-state index >= 15 is 0 Å². The Kier molecular flexibility index (Phi) is 5.25. The van der Waals surface area contributed by atoms with Crippen LogP contribution in [0.5, 0.6) is 0 Å². The van der Waals surface area contributed by atoms with Gasteiger partial charge in [-0.15, -0.1) is 11.3 Å². The smallest absolute Gasteiger partial charge is 0.264 e. The van der Waals surface area contributed by atoms with Gasteiger partial charge in [0, 0.05) is 44.2 Å². The molecule has 3 heterocycles. The second-order valence-corrected chi connectivity index (χ2v) is 10.3. The van der Waals surface area contributed by atoms with Crippen molar-refractivity contribution in [2.75, 3.05) is 26.2 Å². The highest BCUT2D eigenvalue weighted by atomic mass is 32.2. The van der Waals surface area contributed by atoms with E-state index in [0.29, 0.717) is 23.5 Å². The number of thiophene rings is 1. The van der Waals surface area contributed by atoms with Gasteiger partial charge in [0.15, 0.2) is 5.78 Å². The van der Waals surface area contributed by atoms with Crippen molar-refractivity contribution in [2.45, 2.75) is 18.7 Å². The van der Waals surface area contributed by atoms with Gasteiger partial charge in [0.2, 0.25) is 10.0 Å². The summed E-state index contributed by atoms with van der Waals surface area (Å²) < 4.78 is 29.1. The van der Waals surface area contributed by atoms with Crippen LogP contribution in [0.15, 0.2) is 35.2 Å². The molecule has 10 heteroatoms. The largest absolute Gasteiger partial charge is 0.335 e. The number of carbonyl (C=O) groups is 2. The normalized spacial score (nSPS) is 15.6. The highest BCUT2D eigenvalue weighted by Crippen LogP contribution is 2.29. The van der Waals surface area contributed by atoms with Crippen molar-refractivity contribution in [1.82, 2.24) is 19.0 Å². The Morgan fingerprint density at radius 3 is 2.43 bits per heavy atom. The molecule has 0 saturated carbocycles. The van der Waals surface area contributed by atoms with Gasteiger partial charge in [-0.1, -0.05) is 12.1 Å². The van der Waals surface area contributed by atoms with Crippen molar-refractivity contribution in [2.24, 2.45) is 7.05 Å². The summed E-state index contributed by atoms with van der Waals surface area (Å²) in [5.74, 6) is -0.275. The molecule has 0 spiro atoms. The number of aryl methyl sites for hydroxylation is 2. The molecule has 1 aliphatic heterocycles. The zero-order chi connectivity index (χ0) is 21.6. The van der Waals surface area contributed by atoms with Crippen molar-refractivity contribution in [1.29, 1.82) is 0 Å². The van der Waals surface area contributed by atoms with Crippen LogP contribution >= 0.6 is 11.3 Å². The Balaban J connectivity index is 1.48. The van der Waals surface area contributed by atoms with E-state index in [-0.39, 0.29) is 29.7 Å². The lowest BCUT2D eigenvalue weighted by Gasteiger charge is -2.33. The number of nitrogens with zero attached hydrogens (tertiary/aromatic N) is 4. The molecule has 4 rings (SSSR count). The van der Waals surface area contributed by atoms with Gasteiger partial charge in [0.05, 0.1) is 15.5 Å². The van der Waals surface area contributed by atoms with Crippen molar-refractivity contribution in [3.63, 3.8) is 0 Å². The van der Waals surface area contributed by atoms with Gasteiger partial charge >= 0.3 is 0 Å². The Hall–Kier alpha value is -2.56. The standard InChI is InChI=1S/C20H22N4O4S2/c1-13-17-12-18(29-20(17)22(3)21-13)19(26)23-7-9-24(10-8-23)30(27,28)16-6-4-5-15(11-16)14(2)25/h4-6,11-12H,7-10H2,1-3H3. The maximum atomic E-state index is 13.0. The number of fused-ring (bicyclic) bond motifs is 1. The van der Waals surface area contributed by atoms with Gasteiger partial charge in [0.25, 0.3) is 5.91 Å². The number of hydrogen-bond acceptors (Lipinski definition) is 6. The monoisotopic (exact) mass is 446 g/mol. The van der Waals surface area contributed by atoms with E-state index in [1.165, 1.54) is 34.7 Å². The van der Waals surface area contributed by atoms with Gasteiger partial charge in [-0.25, -0.2) is 8.42 Å². The SMILES string of the molecule is CC(=O)c1cccc(S(=O)(=O)N2CCN(C(=O)c3cc4c(C)nn(C)c4s3)CC2)c1. The lowest BCUT2D eigenvalue weighted by Crippen LogP contribution is -2.50. The predicted octanol–water partition coefficient (Wildman–Crippen LogP) is 2.29. The number of sulfonamides is 1. The maximum absolute atomic E-state index is 13.0. The molecule has 1 aliphatic rings. The number of ketones is 1. The Labute approximate surface area is 178 Å². The topological polar surface area (TPSA) is 92.6 Å². The Bertz CT molecular complexity index is 1220.